The van der Waals surface area contributed by atoms with Gasteiger partial charge < -0.3 is 39.0 Å². The largest absolute Gasteiger partial charge is 0.479 e. The summed E-state index contributed by atoms with van der Waals surface area (Å²) in [7, 11) is 0. The third-order valence-electron chi connectivity index (χ3n) is 14.0. The fourth-order valence-corrected chi connectivity index (χ4v) is 9.14. The molecule has 452 valence electrons. The van der Waals surface area contributed by atoms with Crippen LogP contribution in [0.1, 0.15) is 265 Å². The molecule has 0 aromatic rings. The highest BCUT2D eigenvalue weighted by Gasteiger charge is 2.50. The number of hydrogen-bond acceptors (Lipinski definition) is 11. The summed E-state index contributed by atoms with van der Waals surface area (Å²) < 4.78 is 28.4. The highest BCUT2D eigenvalue weighted by Crippen LogP contribution is 2.26. The molecule has 0 aromatic carbocycles. The van der Waals surface area contributed by atoms with Crippen molar-refractivity contribution in [3.8, 4) is 0 Å². The molecule has 0 saturated carbocycles. The van der Waals surface area contributed by atoms with Gasteiger partial charge in [0.05, 0.1) is 6.61 Å². The van der Waals surface area contributed by atoms with Crippen molar-refractivity contribution in [2.45, 2.75) is 302 Å². The van der Waals surface area contributed by atoms with E-state index in [0.29, 0.717) is 25.7 Å². The third-order valence-corrected chi connectivity index (χ3v) is 14.0. The molecule has 0 aromatic heterocycles. The average molecular weight is 1110 g/mol. The number of carboxylic acids is 1. The van der Waals surface area contributed by atoms with E-state index in [-0.39, 0.29) is 25.9 Å². The minimum Gasteiger partial charge on any atom is -0.479 e. The number of rotatable bonds is 53. The first-order valence-corrected chi connectivity index (χ1v) is 31.6. The van der Waals surface area contributed by atoms with Gasteiger partial charge in [-0.1, -0.05) is 241 Å². The molecule has 1 fully saturated rings. The Hall–Kier alpha value is -4.10. The average Bonchev–Trinajstić information content (AvgIpc) is 3.46. The van der Waals surface area contributed by atoms with Crippen LogP contribution in [0.3, 0.4) is 0 Å². The van der Waals surface area contributed by atoms with Crippen molar-refractivity contribution < 1.29 is 58.2 Å². The summed E-state index contributed by atoms with van der Waals surface area (Å²) in [4.78, 5) is 51.2. The number of aliphatic hydroxyl groups is 2. The second-order valence-electron chi connectivity index (χ2n) is 21.3. The van der Waals surface area contributed by atoms with Crippen LogP contribution in [0.4, 0.5) is 0 Å². The van der Waals surface area contributed by atoms with Crippen molar-refractivity contribution in [1.82, 2.24) is 0 Å². The molecule has 0 spiro atoms. The van der Waals surface area contributed by atoms with E-state index in [1.807, 2.05) is 12.2 Å². The fraction of sp³-hybridized carbons (Fsp3) is 0.731. The smallest absolute Gasteiger partial charge is 0.335 e. The van der Waals surface area contributed by atoms with Crippen LogP contribution in [0.25, 0.3) is 0 Å². The Morgan fingerprint density at radius 2 is 0.810 bits per heavy atom. The van der Waals surface area contributed by atoms with Gasteiger partial charge in [-0.3, -0.25) is 14.4 Å². The Kier molecular flexibility index (Phi) is 50.3. The molecule has 1 saturated heterocycles. The van der Waals surface area contributed by atoms with Crippen LogP contribution < -0.4 is 0 Å². The first-order chi connectivity index (χ1) is 38.6. The van der Waals surface area contributed by atoms with E-state index < -0.39 is 67.3 Å². The summed E-state index contributed by atoms with van der Waals surface area (Å²) >= 11 is 0. The number of allylic oxidation sites excluding steroid dienone is 14. The SMILES string of the molecule is CC/C=C\C/C=C\C/C=C\C/C=C\C/C=C\CCCC(=O)OC1C(OCC(COC(=O)CCCCCCCCCCC/C=C\C/C=C\CCCCC)OC(=O)CCCCCCCCCCCCCCC)OC(C(=O)O)C(O)C1O. The fourth-order valence-electron chi connectivity index (χ4n) is 9.14. The zero-order valence-electron chi connectivity index (χ0n) is 49.8. The highest BCUT2D eigenvalue weighted by atomic mass is 16.7. The van der Waals surface area contributed by atoms with Gasteiger partial charge in [0, 0.05) is 19.3 Å². The van der Waals surface area contributed by atoms with Crippen molar-refractivity contribution in [3.05, 3.63) is 85.1 Å². The van der Waals surface area contributed by atoms with Gasteiger partial charge in [-0.05, 0) is 89.9 Å². The first-order valence-electron chi connectivity index (χ1n) is 31.6. The predicted octanol–water partition coefficient (Wildman–Crippen LogP) is 16.7. The molecular formula is C67H112O12. The Bertz CT molecular complexity index is 1700. The van der Waals surface area contributed by atoms with Gasteiger partial charge >= 0.3 is 23.9 Å². The van der Waals surface area contributed by atoms with Gasteiger partial charge in [-0.2, -0.15) is 0 Å². The molecule has 1 aliphatic rings. The minimum absolute atomic E-state index is 0.0195. The Morgan fingerprint density at radius 3 is 1.28 bits per heavy atom. The van der Waals surface area contributed by atoms with Crippen LogP contribution in [-0.2, 0) is 42.9 Å². The third kappa shape index (κ3) is 44.3. The van der Waals surface area contributed by atoms with Crippen molar-refractivity contribution >= 4 is 23.9 Å². The van der Waals surface area contributed by atoms with Gasteiger partial charge in [-0.25, -0.2) is 4.79 Å². The highest BCUT2D eigenvalue weighted by molar-refractivity contribution is 5.74. The first kappa shape index (κ1) is 72.9. The second kappa shape index (κ2) is 54.5. The number of aliphatic hydroxyl groups excluding tert-OH is 2. The molecule has 12 nitrogen and oxygen atoms in total. The summed E-state index contributed by atoms with van der Waals surface area (Å²) in [5.41, 5.74) is 0. The second-order valence-corrected chi connectivity index (χ2v) is 21.3. The lowest BCUT2D eigenvalue weighted by atomic mass is 9.98. The number of unbranched alkanes of at least 4 members (excludes halogenated alkanes) is 25. The molecule has 1 heterocycles. The van der Waals surface area contributed by atoms with Crippen LogP contribution in [0, 0.1) is 0 Å². The number of carbonyl (C=O) groups excluding carboxylic acids is 3. The van der Waals surface area contributed by atoms with E-state index in [1.165, 1.54) is 116 Å². The lowest BCUT2D eigenvalue weighted by molar-refractivity contribution is -0.301. The van der Waals surface area contributed by atoms with Crippen LogP contribution in [-0.4, -0.2) is 89.2 Å². The normalized spacial score (nSPS) is 18.4. The maximum Gasteiger partial charge on any atom is 0.335 e. The monoisotopic (exact) mass is 1110 g/mol. The molecule has 6 unspecified atom stereocenters. The maximum absolute atomic E-state index is 13.2. The zero-order valence-corrected chi connectivity index (χ0v) is 49.8. The van der Waals surface area contributed by atoms with E-state index >= 15 is 0 Å². The van der Waals surface area contributed by atoms with Crippen LogP contribution in [0.2, 0.25) is 0 Å². The van der Waals surface area contributed by atoms with Crippen LogP contribution in [0.15, 0.2) is 85.1 Å². The van der Waals surface area contributed by atoms with Crippen molar-refractivity contribution in [2.75, 3.05) is 13.2 Å². The van der Waals surface area contributed by atoms with E-state index in [0.717, 1.165) is 83.5 Å². The lowest BCUT2D eigenvalue weighted by Gasteiger charge is -2.40. The molecule has 1 aliphatic heterocycles. The number of aliphatic carboxylic acids is 1. The molecule has 79 heavy (non-hydrogen) atoms. The summed E-state index contributed by atoms with van der Waals surface area (Å²) in [5, 5.41) is 31.5. The standard InChI is InChI=1S/C67H112O12/c1-4-7-10-13-16-19-22-25-27-29-30-32-33-36-38-41-44-47-50-53-59(68)75-56-58(77-60(69)54-51-48-45-42-39-35-24-21-18-15-12-9-6-3)57-76-67-65(63(72)62(71)64(79-67)66(73)74)78-61(70)55-52-49-46-43-40-37-34-31-28-26-23-20-17-14-11-8-5-2/h8,11,16-17,19-20,25-28,34,37,43,46,58,62-65,67,71-72H,4-7,9-10,12-15,18,21-24,29-33,35-36,38-42,44-45,47-57H2,1-3H3,(H,73,74)/b11-8-,19-16-,20-17-,27-25-,28-26-,37-34-,46-43-. The Morgan fingerprint density at radius 1 is 0.430 bits per heavy atom. The maximum atomic E-state index is 13.2. The predicted molar refractivity (Wildman–Crippen MR) is 321 cm³/mol. The van der Waals surface area contributed by atoms with Crippen LogP contribution >= 0.6 is 0 Å². The number of hydrogen-bond donors (Lipinski definition) is 3. The Balaban J connectivity index is 2.69. The Labute approximate surface area is 480 Å². The number of carboxylic acid groups (broad SMARTS) is 1. The van der Waals surface area contributed by atoms with Crippen molar-refractivity contribution in [2.24, 2.45) is 0 Å². The molecule has 1 rings (SSSR count). The van der Waals surface area contributed by atoms with Gasteiger partial charge in [0.15, 0.2) is 24.6 Å². The van der Waals surface area contributed by atoms with Crippen molar-refractivity contribution in [1.29, 1.82) is 0 Å². The molecule has 0 amide bonds. The number of esters is 3. The van der Waals surface area contributed by atoms with Gasteiger partial charge in [0.25, 0.3) is 0 Å². The molecular weight excluding hydrogens is 997 g/mol. The molecule has 3 N–H and O–H groups in total. The minimum atomic E-state index is -1.92. The molecule has 0 aliphatic carbocycles. The topological polar surface area (TPSA) is 175 Å². The quantitative estimate of drug-likeness (QED) is 0.0228. The van der Waals surface area contributed by atoms with E-state index in [1.54, 1.807) is 0 Å². The molecule has 0 radical (unpaired) electrons. The van der Waals surface area contributed by atoms with E-state index in [4.69, 9.17) is 23.7 Å². The molecule has 6 atom stereocenters. The van der Waals surface area contributed by atoms with Gasteiger partial charge in [-0.15, -0.1) is 0 Å². The number of carbonyl (C=O) groups is 4. The molecule has 0 bridgehead atoms. The summed E-state index contributed by atoms with van der Waals surface area (Å²) in [5.74, 6) is -3.19. The summed E-state index contributed by atoms with van der Waals surface area (Å²) in [6.07, 6.45) is 58.3. The van der Waals surface area contributed by atoms with E-state index in [2.05, 4.69) is 93.7 Å². The molecule has 12 heteroatoms. The van der Waals surface area contributed by atoms with Crippen LogP contribution in [0.5, 0.6) is 0 Å². The van der Waals surface area contributed by atoms with Crippen molar-refractivity contribution in [3.63, 3.8) is 0 Å². The lowest BCUT2D eigenvalue weighted by Crippen LogP contribution is -2.61. The van der Waals surface area contributed by atoms with Gasteiger partial charge in [0.2, 0.25) is 0 Å². The van der Waals surface area contributed by atoms with E-state index in [9.17, 15) is 34.5 Å². The summed E-state index contributed by atoms with van der Waals surface area (Å²) in [6.45, 7) is 5.84. The van der Waals surface area contributed by atoms with Gasteiger partial charge in [0.1, 0.15) is 18.8 Å². The zero-order chi connectivity index (χ0) is 57.5. The summed E-state index contributed by atoms with van der Waals surface area (Å²) in [6, 6.07) is 0. The number of ether oxygens (including phenoxy) is 5.